The normalized spacial score (nSPS) is 11.1. The van der Waals surface area contributed by atoms with Crippen LogP contribution in [-0.2, 0) is 4.79 Å². The fraction of sp³-hybridized carbons (Fsp3) is 0. The molecular weight excluding hydrogens is 336 g/mol. The van der Waals surface area contributed by atoms with Crippen molar-refractivity contribution in [3.63, 3.8) is 0 Å². The zero-order chi connectivity index (χ0) is 17.8. The Morgan fingerprint density at radius 1 is 1.08 bits per heavy atom. The van der Waals surface area contributed by atoms with E-state index < -0.39 is 5.91 Å². The van der Waals surface area contributed by atoms with Gasteiger partial charge in [-0.15, -0.1) is 0 Å². The lowest BCUT2D eigenvalue weighted by Crippen LogP contribution is -2.13. The molecule has 2 N–H and O–H groups in total. The Labute approximate surface area is 149 Å². The van der Waals surface area contributed by atoms with E-state index in [1.54, 1.807) is 30.3 Å². The molecule has 4 nitrogen and oxygen atoms in total. The van der Waals surface area contributed by atoms with Crippen LogP contribution >= 0.6 is 11.6 Å². The second kappa shape index (κ2) is 7.08. The molecule has 25 heavy (non-hydrogen) atoms. The smallest absolute Gasteiger partial charge is 0.266 e. The van der Waals surface area contributed by atoms with Crippen LogP contribution in [0.5, 0.6) is 5.75 Å². The van der Waals surface area contributed by atoms with E-state index in [4.69, 9.17) is 11.6 Å². The lowest BCUT2D eigenvalue weighted by atomic mass is 10.0. The standard InChI is InChI=1S/C20H13ClN2O2/c21-17-7-3-4-8-18(17)23-20(25)14(12-22)11-16-15-6-2-1-5-13(15)9-10-19(16)24/h1-11,24H,(H,23,25)/b14-11-. The van der Waals surface area contributed by atoms with Crippen molar-refractivity contribution in [1.82, 2.24) is 0 Å². The predicted molar refractivity (Wildman–Crippen MR) is 99.3 cm³/mol. The Morgan fingerprint density at radius 2 is 1.80 bits per heavy atom. The number of phenols is 1. The van der Waals surface area contributed by atoms with Crippen molar-refractivity contribution in [2.24, 2.45) is 0 Å². The van der Waals surface area contributed by atoms with E-state index in [-0.39, 0.29) is 11.3 Å². The van der Waals surface area contributed by atoms with Crippen LogP contribution in [0.3, 0.4) is 0 Å². The molecule has 1 amide bonds. The Kier molecular flexibility index (Phi) is 4.69. The molecule has 0 aliphatic carbocycles. The summed E-state index contributed by atoms with van der Waals surface area (Å²) in [5.74, 6) is -0.597. The molecule has 0 aromatic heterocycles. The minimum atomic E-state index is -0.595. The number of aromatic hydroxyl groups is 1. The molecule has 3 aromatic carbocycles. The lowest BCUT2D eigenvalue weighted by Gasteiger charge is -2.08. The van der Waals surface area contributed by atoms with Crippen molar-refractivity contribution in [2.45, 2.75) is 0 Å². The van der Waals surface area contributed by atoms with Crippen LogP contribution in [0.15, 0.2) is 66.2 Å². The van der Waals surface area contributed by atoms with Crippen LogP contribution in [0, 0.1) is 11.3 Å². The molecule has 3 rings (SSSR count). The molecule has 122 valence electrons. The number of nitrogens with zero attached hydrogens (tertiary/aromatic N) is 1. The van der Waals surface area contributed by atoms with Gasteiger partial charge in [-0.05, 0) is 35.0 Å². The summed E-state index contributed by atoms with van der Waals surface area (Å²) in [6.45, 7) is 0. The Balaban J connectivity index is 2.02. The van der Waals surface area contributed by atoms with E-state index in [1.807, 2.05) is 30.3 Å². The highest BCUT2D eigenvalue weighted by atomic mass is 35.5. The van der Waals surface area contributed by atoms with E-state index in [9.17, 15) is 15.2 Å². The number of halogens is 1. The summed E-state index contributed by atoms with van der Waals surface area (Å²) in [5.41, 5.74) is 0.702. The van der Waals surface area contributed by atoms with Crippen molar-refractivity contribution >= 4 is 40.0 Å². The molecule has 0 heterocycles. The predicted octanol–water partition coefficient (Wildman–Crippen LogP) is 4.74. The molecule has 0 saturated carbocycles. The number of anilines is 1. The summed E-state index contributed by atoms with van der Waals surface area (Å²) in [5, 5.41) is 24.2. The van der Waals surface area contributed by atoms with Crippen molar-refractivity contribution in [3.05, 3.63) is 76.8 Å². The van der Waals surface area contributed by atoms with E-state index in [2.05, 4.69) is 5.32 Å². The Bertz CT molecular complexity index is 1040. The topological polar surface area (TPSA) is 73.1 Å². The van der Waals surface area contributed by atoms with Crippen LogP contribution in [0.25, 0.3) is 16.8 Å². The molecule has 0 fully saturated rings. The van der Waals surface area contributed by atoms with Crippen LogP contribution in [0.2, 0.25) is 5.02 Å². The van der Waals surface area contributed by atoms with Gasteiger partial charge in [0, 0.05) is 5.56 Å². The van der Waals surface area contributed by atoms with E-state index in [0.29, 0.717) is 16.3 Å². The monoisotopic (exact) mass is 348 g/mol. The van der Waals surface area contributed by atoms with Gasteiger partial charge in [-0.3, -0.25) is 4.79 Å². The van der Waals surface area contributed by atoms with E-state index >= 15 is 0 Å². The molecular formula is C20H13ClN2O2. The van der Waals surface area contributed by atoms with Crippen molar-refractivity contribution < 1.29 is 9.90 Å². The highest BCUT2D eigenvalue weighted by molar-refractivity contribution is 6.34. The molecule has 0 unspecified atom stereocenters. The zero-order valence-electron chi connectivity index (χ0n) is 13.0. The van der Waals surface area contributed by atoms with Gasteiger partial charge in [0.25, 0.3) is 5.91 Å². The largest absolute Gasteiger partial charge is 0.507 e. The number of fused-ring (bicyclic) bond motifs is 1. The maximum absolute atomic E-state index is 12.4. The maximum Gasteiger partial charge on any atom is 0.266 e. The maximum atomic E-state index is 12.4. The first kappa shape index (κ1) is 16.6. The van der Waals surface area contributed by atoms with Crippen molar-refractivity contribution in [3.8, 4) is 11.8 Å². The van der Waals surface area contributed by atoms with Gasteiger partial charge < -0.3 is 10.4 Å². The summed E-state index contributed by atoms with van der Waals surface area (Å²) in [7, 11) is 0. The lowest BCUT2D eigenvalue weighted by molar-refractivity contribution is -0.112. The molecule has 0 saturated heterocycles. The minimum absolute atomic E-state index is 0.00278. The molecule has 0 radical (unpaired) electrons. The van der Waals surface area contributed by atoms with Crippen LogP contribution in [0.4, 0.5) is 5.69 Å². The number of phenolic OH excluding ortho intramolecular Hbond substituents is 1. The Morgan fingerprint density at radius 3 is 2.56 bits per heavy atom. The molecule has 3 aromatic rings. The first-order valence-electron chi connectivity index (χ1n) is 7.48. The van der Waals surface area contributed by atoms with E-state index in [0.717, 1.165) is 10.8 Å². The van der Waals surface area contributed by atoms with Gasteiger partial charge in [0.1, 0.15) is 17.4 Å². The number of carbonyl (C=O) groups is 1. The number of hydrogen-bond donors (Lipinski definition) is 2. The van der Waals surface area contributed by atoms with Gasteiger partial charge in [0.2, 0.25) is 0 Å². The number of para-hydroxylation sites is 1. The molecule has 0 spiro atoms. The first-order valence-corrected chi connectivity index (χ1v) is 7.86. The van der Waals surface area contributed by atoms with Gasteiger partial charge in [-0.1, -0.05) is 54.1 Å². The highest BCUT2D eigenvalue weighted by Gasteiger charge is 2.13. The third-order valence-electron chi connectivity index (χ3n) is 3.72. The van der Waals surface area contributed by atoms with Gasteiger partial charge in [0.05, 0.1) is 10.7 Å². The summed E-state index contributed by atoms with van der Waals surface area (Å²) in [6.07, 6.45) is 1.38. The first-order chi connectivity index (χ1) is 12.1. The number of rotatable bonds is 3. The summed E-state index contributed by atoms with van der Waals surface area (Å²) < 4.78 is 0. The molecule has 0 aliphatic heterocycles. The van der Waals surface area contributed by atoms with Crippen LogP contribution in [0.1, 0.15) is 5.56 Å². The van der Waals surface area contributed by atoms with Gasteiger partial charge in [-0.25, -0.2) is 0 Å². The van der Waals surface area contributed by atoms with Crippen molar-refractivity contribution in [2.75, 3.05) is 5.32 Å². The number of nitriles is 1. The number of nitrogens with one attached hydrogen (secondary N) is 1. The molecule has 0 atom stereocenters. The quantitative estimate of drug-likeness (QED) is 0.530. The van der Waals surface area contributed by atoms with Crippen LogP contribution in [-0.4, -0.2) is 11.0 Å². The summed E-state index contributed by atoms with van der Waals surface area (Å²) in [4.78, 5) is 12.4. The summed E-state index contributed by atoms with van der Waals surface area (Å²) in [6, 6.07) is 19.4. The number of hydrogen-bond acceptors (Lipinski definition) is 3. The molecule has 5 heteroatoms. The number of amides is 1. The second-order valence-electron chi connectivity index (χ2n) is 5.32. The fourth-order valence-electron chi connectivity index (χ4n) is 2.48. The average molecular weight is 349 g/mol. The second-order valence-corrected chi connectivity index (χ2v) is 5.73. The third kappa shape index (κ3) is 3.47. The van der Waals surface area contributed by atoms with Crippen molar-refractivity contribution in [1.29, 1.82) is 5.26 Å². The van der Waals surface area contributed by atoms with E-state index in [1.165, 1.54) is 12.1 Å². The average Bonchev–Trinajstić information content (AvgIpc) is 2.63. The zero-order valence-corrected chi connectivity index (χ0v) is 13.8. The SMILES string of the molecule is N#C/C(=C/c1c(O)ccc2ccccc12)C(=O)Nc1ccccc1Cl. The fourth-order valence-corrected chi connectivity index (χ4v) is 2.66. The molecule has 0 bridgehead atoms. The Hall–Kier alpha value is -3.29. The number of benzene rings is 3. The van der Waals surface area contributed by atoms with Gasteiger partial charge >= 0.3 is 0 Å². The summed E-state index contributed by atoms with van der Waals surface area (Å²) >= 11 is 6.02. The highest BCUT2D eigenvalue weighted by Crippen LogP contribution is 2.29. The van der Waals surface area contributed by atoms with Gasteiger partial charge in [0.15, 0.2) is 0 Å². The number of carbonyl (C=O) groups excluding carboxylic acids is 1. The molecule has 0 aliphatic rings. The van der Waals surface area contributed by atoms with Gasteiger partial charge in [-0.2, -0.15) is 5.26 Å². The minimum Gasteiger partial charge on any atom is -0.507 e. The third-order valence-corrected chi connectivity index (χ3v) is 4.05. The van der Waals surface area contributed by atoms with Crippen LogP contribution < -0.4 is 5.32 Å².